The van der Waals surface area contributed by atoms with E-state index in [0.717, 1.165) is 22.3 Å². The first-order valence-electron chi connectivity index (χ1n) is 8.82. The highest BCUT2D eigenvalue weighted by Crippen LogP contribution is 2.30. The largest absolute Gasteiger partial charge is 0.504 e. The van der Waals surface area contributed by atoms with Crippen molar-refractivity contribution in [2.24, 2.45) is 4.99 Å². The number of nitrogens with one attached hydrogen (secondary N) is 2. The fourth-order valence-electron chi connectivity index (χ4n) is 2.28. The third kappa shape index (κ3) is 8.25. The van der Waals surface area contributed by atoms with E-state index < -0.39 is 11.9 Å². The van der Waals surface area contributed by atoms with Crippen LogP contribution in [-0.2, 0) is 19.1 Å². The molecule has 1 aromatic carbocycles. The van der Waals surface area contributed by atoms with Gasteiger partial charge in [0.25, 0.3) is 0 Å². The maximum atomic E-state index is 12.6. The molecule has 0 radical (unpaired) electrons. The zero-order valence-corrected chi connectivity index (χ0v) is 19.2. The lowest BCUT2D eigenvalue weighted by Gasteiger charge is -2.11. The van der Waals surface area contributed by atoms with Crippen LogP contribution >= 0.6 is 35.3 Å². The van der Waals surface area contributed by atoms with Crippen molar-refractivity contribution in [2.45, 2.75) is 33.0 Å². The van der Waals surface area contributed by atoms with Crippen molar-refractivity contribution in [3.05, 3.63) is 39.8 Å². The van der Waals surface area contributed by atoms with Crippen LogP contribution in [0.15, 0.2) is 28.6 Å². The van der Waals surface area contributed by atoms with E-state index in [0.29, 0.717) is 49.4 Å². The van der Waals surface area contributed by atoms with Gasteiger partial charge in [-0.25, -0.2) is 9.98 Å². The second-order valence-corrected chi connectivity index (χ2v) is 6.67. The maximum Gasteiger partial charge on any atom is 0.434 e. The van der Waals surface area contributed by atoms with Crippen LogP contribution in [0.1, 0.15) is 30.1 Å². The molecule has 0 saturated carbocycles. The van der Waals surface area contributed by atoms with Gasteiger partial charge in [0, 0.05) is 24.9 Å². The topological polar surface area (TPSA) is 78.8 Å². The molecular weight excluding hydrogens is 520 g/mol. The number of hydrogen-bond donors (Lipinski definition) is 3. The summed E-state index contributed by atoms with van der Waals surface area (Å²) in [6, 6.07) is 5.02. The normalized spacial score (nSPS) is 11.7. The second-order valence-electron chi connectivity index (χ2n) is 5.73. The van der Waals surface area contributed by atoms with Crippen LogP contribution in [-0.4, -0.2) is 35.7 Å². The Morgan fingerprint density at radius 3 is 2.66 bits per heavy atom. The number of ether oxygens (including phenoxy) is 1. The van der Waals surface area contributed by atoms with E-state index in [1.54, 1.807) is 18.2 Å². The molecule has 2 aromatic rings. The minimum absolute atomic E-state index is 0. The molecule has 2 rings (SSSR count). The predicted molar refractivity (Wildman–Crippen MR) is 118 cm³/mol. The van der Waals surface area contributed by atoms with Crippen LogP contribution in [0.25, 0.3) is 0 Å². The number of thiazole rings is 1. The molecule has 6 nitrogen and oxygen atoms in total. The van der Waals surface area contributed by atoms with Crippen molar-refractivity contribution in [2.75, 3.05) is 19.7 Å². The molecule has 29 heavy (non-hydrogen) atoms. The van der Waals surface area contributed by atoms with E-state index in [1.165, 1.54) is 0 Å². The third-order valence-corrected chi connectivity index (χ3v) is 4.47. The summed E-state index contributed by atoms with van der Waals surface area (Å²) in [4.78, 5) is 8.06. The van der Waals surface area contributed by atoms with Crippen LogP contribution < -0.4 is 15.4 Å². The lowest BCUT2D eigenvalue weighted by Crippen LogP contribution is -2.38. The summed E-state index contributed by atoms with van der Waals surface area (Å²) in [7, 11) is 0. The predicted octanol–water partition coefficient (Wildman–Crippen LogP) is 4.18. The number of phenols is 1. The molecule has 0 aliphatic rings. The Bertz CT molecular complexity index is 800. The summed E-state index contributed by atoms with van der Waals surface area (Å²) >= 11 is 0.990. The van der Waals surface area contributed by atoms with E-state index in [2.05, 4.69) is 20.6 Å². The van der Waals surface area contributed by atoms with Crippen molar-refractivity contribution in [1.82, 2.24) is 15.6 Å². The molecule has 1 aromatic heterocycles. The Morgan fingerprint density at radius 1 is 1.28 bits per heavy atom. The Hall–Kier alpha value is -1.76. The number of hydrogen-bond acceptors (Lipinski definition) is 5. The Morgan fingerprint density at radius 2 is 2.03 bits per heavy atom. The number of rotatable bonds is 8. The number of guanidine groups is 1. The van der Waals surface area contributed by atoms with Gasteiger partial charge in [-0.1, -0.05) is 6.07 Å². The van der Waals surface area contributed by atoms with Crippen LogP contribution in [0, 0.1) is 0 Å². The molecule has 0 bridgehead atoms. The number of aliphatic imine (C=N–C) groups is 1. The Kier molecular flexibility index (Phi) is 10.5. The first kappa shape index (κ1) is 25.3. The lowest BCUT2D eigenvalue weighted by atomic mass is 10.2. The molecular formula is C18H24F3IN4O2S. The molecule has 0 saturated heterocycles. The van der Waals surface area contributed by atoms with E-state index in [4.69, 9.17) is 4.74 Å². The molecule has 3 N–H and O–H groups in total. The van der Waals surface area contributed by atoms with Crippen molar-refractivity contribution < 1.29 is 23.0 Å². The van der Waals surface area contributed by atoms with E-state index in [-0.39, 0.29) is 29.7 Å². The summed E-state index contributed by atoms with van der Waals surface area (Å²) < 4.78 is 43.1. The lowest BCUT2D eigenvalue weighted by molar-refractivity contribution is -0.140. The average molecular weight is 544 g/mol. The van der Waals surface area contributed by atoms with Crippen molar-refractivity contribution >= 4 is 41.3 Å². The van der Waals surface area contributed by atoms with Gasteiger partial charge in [-0.15, -0.1) is 35.3 Å². The number of nitrogens with zero attached hydrogens (tertiary/aromatic N) is 2. The minimum Gasteiger partial charge on any atom is -0.504 e. The van der Waals surface area contributed by atoms with Crippen LogP contribution in [0.2, 0.25) is 0 Å². The van der Waals surface area contributed by atoms with Crippen LogP contribution in [0.5, 0.6) is 11.5 Å². The molecule has 0 spiro atoms. The first-order chi connectivity index (χ1) is 13.3. The Balaban J connectivity index is 0.00000420. The fraction of sp³-hybridized carbons (Fsp3) is 0.444. The maximum absolute atomic E-state index is 12.6. The van der Waals surface area contributed by atoms with Gasteiger partial charge in [-0.2, -0.15) is 13.2 Å². The third-order valence-electron chi connectivity index (χ3n) is 3.56. The molecule has 0 amide bonds. The van der Waals surface area contributed by atoms with Crippen molar-refractivity contribution in [3.63, 3.8) is 0 Å². The number of halogens is 4. The summed E-state index contributed by atoms with van der Waals surface area (Å²) in [6.45, 7) is 5.58. The van der Waals surface area contributed by atoms with E-state index in [9.17, 15) is 18.3 Å². The van der Waals surface area contributed by atoms with Gasteiger partial charge < -0.3 is 20.5 Å². The molecule has 0 unspecified atom stereocenters. The molecule has 1 heterocycles. The molecule has 0 atom stereocenters. The quantitative estimate of drug-likeness (QED) is 0.264. The van der Waals surface area contributed by atoms with E-state index in [1.807, 2.05) is 13.8 Å². The zero-order chi connectivity index (χ0) is 20.6. The standard InChI is InChI=1S/C18H23F3N4O2S.HI/c1-3-22-17(23-8-7-16-25-15(11-28-16)18(19,20)21)24-10-12-5-6-13(26)14(9-12)27-4-2;/h5-6,9,11,26H,3-4,7-8,10H2,1-2H3,(H2,22,23,24);1H. The van der Waals surface area contributed by atoms with Crippen molar-refractivity contribution in [3.8, 4) is 11.5 Å². The molecule has 162 valence electrons. The highest BCUT2D eigenvalue weighted by atomic mass is 127. The number of aromatic nitrogens is 1. The van der Waals surface area contributed by atoms with Crippen LogP contribution in [0.3, 0.4) is 0 Å². The van der Waals surface area contributed by atoms with Gasteiger partial charge >= 0.3 is 6.18 Å². The van der Waals surface area contributed by atoms with Gasteiger partial charge in [-0.05, 0) is 31.5 Å². The zero-order valence-electron chi connectivity index (χ0n) is 16.0. The van der Waals surface area contributed by atoms with Gasteiger partial charge in [0.15, 0.2) is 23.2 Å². The van der Waals surface area contributed by atoms with Crippen molar-refractivity contribution in [1.29, 1.82) is 0 Å². The van der Waals surface area contributed by atoms with Gasteiger partial charge in [0.05, 0.1) is 18.2 Å². The summed E-state index contributed by atoms with van der Waals surface area (Å²) in [5, 5.41) is 17.3. The average Bonchev–Trinajstić information content (AvgIpc) is 3.12. The fourth-order valence-corrected chi connectivity index (χ4v) is 3.09. The number of phenolic OH excluding ortho intramolecular Hbond substituents is 1. The van der Waals surface area contributed by atoms with Gasteiger partial charge in [0.1, 0.15) is 0 Å². The summed E-state index contributed by atoms with van der Waals surface area (Å²) in [6.07, 6.45) is -4.05. The molecule has 0 fully saturated rings. The summed E-state index contributed by atoms with van der Waals surface area (Å²) in [5.74, 6) is 1.01. The molecule has 0 aliphatic heterocycles. The monoisotopic (exact) mass is 544 g/mol. The number of benzene rings is 1. The smallest absolute Gasteiger partial charge is 0.434 e. The van der Waals surface area contributed by atoms with Gasteiger partial charge in [-0.3, -0.25) is 0 Å². The number of alkyl halides is 3. The summed E-state index contributed by atoms with van der Waals surface area (Å²) in [5.41, 5.74) is -0.00120. The van der Waals surface area contributed by atoms with Crippen LogP contribution in [0.4, 0.5) is 13.2 Å². The highest BCUT2D eigenvalue weighted by Gasteiger charge is 2.33. The minimum atomic E-state index is -4.41. The Labute approximate surface area is 188 Å². The van der Waals surface area contributed by atoms with E-state index >= 15 is 0 Å². The first-order valence-corrected chi connectivity index (χ1v) is 9.70. The molecule has 0 aliphatic carbocycles. The second kappa shape index (κ2) is 12.1. The number of aromatic hydroxyl groups is 1. The highest BCUT2D eigenvalue weighted by molar-refractivity contribution is 14.0. The molecule has 11 heteroatoms. The SMILES string of the molecule is CCNC(=NCc1ccc(O)c(OCC)c1)NCCc1nc(C(F)(F)F)cs1.I. The van der Waals surface area contributed by atoms with Gasteiger partial charge in [0.2, 0.25) is 0 Å².